The summed E-state index contributed by atoms with van der Waals surface area (Å²) in [6.45, 7) is 1.86. The van der Waals surface area contributed by atoms with Crippen LogP contribution in [0.25, 0.3) is 10.9 Å². The van der Waals surface area contributed by atoms with Gasteiger partial charge in [0.2, 0.25) is 5.88 Å². The maximum Gasteiger partial charge on any atom is 0.229 e. The third-order valence-electron chi connectivity index (χ3n) is 3.92. The molecule has 22 heavy (non-hydrogen) atoms. The Morgan fingerprint density at radius 3 is 2.77 bits per heavy atom. The van der Waals surface area contributed by atoms with E-state index >= 15 is 0 Å². The van der Waals surface area contributed by atoms with Crippen LogP contribution in [-0.4, -0.2) is 41.2 Å². The number of hydrogen-bond acceptors (Lipinski definition) is 5. The van der Waals surface area contributed by atoms with Crippen molar-refractivity contribution in [2.24, 2.45) is 0 Å². The van der Waals surface area contributed by atoms with Crippen molar-refractivity contribution in [3.05, 3.63) is 29.6 Å². The predicted molar refractivity (Wildman–Crippen MR) is 79.2 cm³/mol. The van der Waals surface area contributed by atoms with Crippen molar-refractivity contribution >= 4 is 10.9 Å². The highest BCUT2D eigenvalue weighted by atomic mass is 19.1. The number of aromatic nitrogens is 1. The van der Waals surface area contributed by atoms with Crippen LogP contribution in [0.5, 0.6) is 11.6 Å². The Morgan fingerprint density at radius 1 is 1.36 bits per heavy atom. The molecule has 3 rings (SSSR count). The number of rotatable bonds is 2. The minimum Gasteiger partial charge on any atom is -0.492 e. The lowest BCUT2D eigenvalue weighted by molar-refractivity contribution is 0.115. The first-order valence-corrected chi connectivity index (χ1v) is 7.15. The van der Waals surface area contributed by atoms with Gasteiger partial charge in [0.05, 0.1) is 5.52 Å². The van der Waals surface area contributed by atoms with E-state index in [-0.39, 0.29) is 17.2 Å². The Bertz CT molecular complexity index is 749. The van der Waals surface area contributed by atoms with Crippen LogP contribution in [0.1, 0.15) is 18.4 Å². The fraction of sp³-hybridized carbons (Fsp3) is 0.375. The summed E-state index contributed by atoms with van der Waals surface area (Å²) in [6, 6.07) is 5.88. The number of ether oxygens (including phenoxy) is 1. The Hall–Kier alpha value is -2.39. The quantitative estimate of drug-likeness (QED) is 0.922. The van der Waals surface area contributed by atoms with Gasteiger partial charge in [0.25, 0.3) is 0 Å². The number of hydrogen-bond donors (Lipinski definition) is 1. The highest BCUT2D eigenvalue weighted by molar-refractivity contribution is 5.87. The molecule has 2 aromatic rings. The summed E-state index contributed by atoms with van der Waals surface area (Å²) in [4.78, 5) is 6.10. The molecule has 0 atom stereocenters. The molecule has 1 N–H and O–H groups in total. The van der Waals surface area contributed by atoms with Gasteiger partial charge < -0.3 is 14.7 Å². The first-order valence-electron chi connectivity index (χ1n) is 7.15. The van der Waals surface area contributed by atoms with Gasteiger partial charge >= 0.3 is 0 Å². The normalized spacial score (nSPS) is 16.6. The highest BCUT2D eigenvalue weighted by Crippen LogP contribution is 2.31. The van der Waals surface area contributed by atoms with Gasteiger partial charge in [-0.15, -0.1) is 0 Å². The van der Waals surface area contributed by atoms with E-state index in [2.05, 4.69) is 16.9 Å². The van der Waals surface area contributed by atoms with Gasteiger partial charge in [-0.25, -0.2) is 9.37 Å². The summed E-state index contributed by atoms with van der Waals surface area (Å²) in [5, 5.41) is 19.2. The number of piperidine rings is 1. The lowest BCUT2D eigenvalue weighted by Gasteiger charge is -2.29. The van der Waals surface area contributed by atoms with Gasteiger partial charge in [-0.1, -0.05) is 0 Å². The van der Waals surface area contributed by atoms with Crippen LogP contribution in [-0.2, 0) is 0 Å². The predicted octanol–water partition coefficient (Wildman–Crippen LogP) is 2.42. The standard InChI is InChI=1S/C16H16FN3O2/c1-20-4-2-12(3-5-20)22-15-8-11(17)7-14-13(15)6-10(9-18)16(21)19-14/h6-8,12H,2-5H2,1H3,(H,19,21). The minimum absolute atomic E-state index is 0.0144. The van der Waals surface area contributed by atoms with Crippen LogP contribution >= 0.6 is 0 Å². The van der Waals surface area contributed by atoms with Crippen LogP contribution in [0.15, 0.2) is 18.2 Å². The second kappa shape index (κ2) is 5.78. The number of nitriles is 1. The zero-order valence-corrected chi connectivity index (χ0v) is 12.2. The molecule has 1 aliphatic heterocycles. The number of likely N-dealkylation sites (tertiary alicyclic amines) is 1. The molecule has 1 aromatic carbocycles. The molecular formula is C16H16FN3O2. The average molecular weight is 301 g/mol. The number of halogens is 1. The van der Waals surface area contributed by atoms with E-state index < -0.39 is 11.7 Å². The SMILES string of the molecule is CN1CCC(Oc2cc(F)cc3nc(O)c(C#N)cc23)CC1. The van der Waals surface area contributed by atoms with E-state index in [4.69, 9.17) is 10.00 Å². The lowest BCUT2D eigenvalue weighted by Crippen LogP contribution is -2.35. The third kappa shape index (κ3) is 2.81. The smallest absolute Gasteiger partial charge is 0.229 e. The van der Waals surface area contributed by atoms with Gasteiger partial charge in [0.1, 0.15) is 29.3 Å². The van der Waals surface area contributed by atoms with E-state index in [1.165, 1.54) is 18.2 Å². The molecule has 5 nitrogen and oxygen atoms in total. The van der Waals surface area contributed by atoms with E-state index in [1.807, 2.05) is 6.07 Å². The zero-order chi connectivity index (χ0) is 15.7. The van der Waals surface area contributed by atoms with Crippen LogP contribution in [0.2, 0.25) is 0 Å². The molecule has 0 spiro atoms. The van der Waals surface area contributed by atoms with Crippen molar-refractivity contribution in [3.8, 4) is 17.7 Å². The largest absolute Gasteiger partial charge is 0.492 e. The molecule has 0 bridgehead atoms. The monoisotopic (exact) mass is 301 g/mol. The van der Waals surface area contributed by atoms with Gasteiger partial charge in [-0.2, -0.15) is 5.26 Å². The van der Waals surface area contributed by atoms with Gasteiger partial charge in [-0.3, -0.25) is 0 Å². The number of fused-ring (bicyclic) bond motifs is 1. The molecule has 114 valence electrons. The maximum absolute atomic E-state index is 13.8. The minimum atomic E-state index is -0.480. The maximum atomic E-state index is 13.8. The first-order chi connectivity index (χ1) is 10.6. The average Bonchev–Trinajstić information content (AvgIpc) is 2.49. The van der Waals surface area contributed by atoms with E-state index in [0.29, 0.717) is 11.1 Å². The summed E-state index contributed by atoms with van der Waals surface area (Å²) in [5.41, 5.74) is 0.326. The molecule has 2 heterocycles. The Labute approximate surface area is 127 Å². The van der Waals surface area contributed by atoms with Crippen molar-refractivity contribution in [3.63, 3.8) is 0 Å². The van der Waals surface area contributed by atoms with Crippen molar-refractivity contribution in [2.45, 2.75) is 18.9 Å². The Kier molecular flexibility index (Phi) is 3.82. The number of nitrogens with zero attached hydrogens (tertiary/aromatic N) is 3. The summed E-state index contributed by atoms with van der Waals surface area (Å²) in [7, 11) is 2.06. The van der Waals surface area contributed by atoms with Gasteiger partial charge in [0.15, 0.2) is 0 Å². The summed E-state index contributed by atoms with van der Waals surface area (Å²) >= 11 is 0. The van der Waals surface area contributed by atoms with Crippen LogP contribution in [0, 0.1) is 17.1 Å². The summed E-state index contributed by atoms with van der Waals surface area (Å²) in [6.07, 6.45) is 1.75. The number of aromatic hydroxyl groups is 1. The molecule has 1 aliphatic rings. The zero-order valence-electron chi connectivity index (χ0n) is 12.2. The van der Waals surface area contributed by atoms with Crippen LogP contribution in [0.4, 0.5) is 4.39 Å². The van der Waals surface area contributed by atoms with Crippen molar-refractivity contribution in [2.75, 3.05) is 20.1 Å². The molecule has 0 radical (unpaired) electrons. The van der Waals surface area contributed by atoms with Crippen molar-refractivity contribution in [1.82, 2.24) is 9.88 Å². The van der Waals surface area contributed by atoms with Crippen molar-refractivity contribution < 1.29 is 14.2 Å². The van der Waals surface area contributed by atoms with Crippen molar-refractivity contribution in [1.29, 1.82) is 5.26 Å². The molecule has 1 saturated heterocycles. The van der Waals surface area contributed by atoms with Gasteiger partial charge in [0, 0.05) is 30.6 Å². The topological polar surface area (TPSA) is 69.4 Å². The van der Waals surface area contributed by atoms with Crippen LogP contribution in [0.3, 0.4) is 0 Å². The second-order valence-electron chi connectivity index (χ2n) is 5.56. The lowest BCUT2D eigenvalue weighted by atomic mass is 10.1. The fourth-order valence-electron chi connectivity index (χ4n) is 2.66. The molecule has 0 amide bonds. The van der Waals surface area contributed by atoms with E-state index in [0.717, 1.165) is 25.9 Å². The molecule has 0 aliphatic carbocycles. The van der Waals surface area contributed by atoms with Crippen LogP contribution < -0.4 is 4.74 Å². The summed E-state index contributed by atoms with van der Waals surface area (Å²) in [5.74, 6) is -0.508. The Morgan fingerprint density at radius 2 is 2.09 bits per heavy atom. The molecule has 0 saturated carbocycles. The third-order valence-corrected chi connectivity index (χ3v) is 3.92. The number of benzene rings is 1. The fourth-order valence-corrected chi connectivity index (χ4v) is 2.66. The summed E-state index contributed by atoms with van der Waals surface area (Å²) < 4.78 is 19.7. The number of pyridine rings is 1. The molecule has 0 unspecified atom stereocenters. The van der Waals surface area contributed by atoms with E-state index in [1.54, 1.807) is 0 Å². The first kappa shape index (κ1) is 14.5. The second-order valence-corrected chi connectivity index (χ2v) is 5.56. The highest BCUT2D eigenvalue weighted by Gasteiger charge is 2.20. The molecule has 6 heteroatoms. The van der Waals surface area contributed by atoms with E-state index in [9.17, 15) is 9.50 Å². The Balaban J connectivity index is 1.99. The molecular weight excluding hydrogens is 285 g/mol. The molecule has 1 fully saturated rings. The van der Waals surface area contributed by atoms with Gasteiger partial charge in [-0.05, 0) is 26.0 Å². The molecule has 1 aromatic heterocycles.